The molecule has 0 aliphatic rings. The first-order valence-corrected chi connectivity index (χ1v) is 6.08. The van der Waals surface area contributed by atoms with Crippen molar-refractivity contribution in [3.05, 3.63) is 48.3 Å². The number of nitrogens with one attached hydrogen (secondary N) is 2. The first kappa shape index (κ1) is 12.4. The Bertz CT molecular complexity index is 484. The Balaban J connectivity index is 1.96. The quantitative estimate of drug-likeness (QED) is 0.846. The second-order valence-corrected chi connectivity index (χ2v) is 4.27. The predicted octanol–water partition coefficient (Wildman–Crippen LogP) is 2.56. The zero-order valence-electron chi connectivity index (χ0n) is 10.7. The highest BCUT2D eigenvalue weighted by Crippen LogP contribution is 2.11. The van der Waals surface area contributed by atoms with Gasteiger partial charge in [-0.1, -0.05) is 30.3 Å². The molecule has 94 valence electrons. The van der Waals surface area contributed by atoms with E-state index in [1.807, 2.05) is 19.2 Å². The van der Waals surface area contributed by atoms with Crippen molar-refractivity contribution in [2.75, 3.05) is 17.7 Å². The molecule has 0 radical (unpaired) electrons. The van der Waals surface area contributed by atoms with E-state index in [0.717, 1.165) is 18.1 Å². The number of aromatic nitrogens is 2. The van der Waals surface area contributed by atoms with Gasteiger partial charge >= 0.3 is 0 Å². The molecule has 4 heteroatoms. The molecule has 4 nitrogen and oxygen atoms in total. The van der Waals surface area contributed by atoms with Gasteiger partial charge in [0.25, 0.3) is 0 Å². The molecule has 18 heavy (non-hydrogen) atoms. The lowest BCUT2D eigenvalue weighted by molar-refractivity contribution is 0.784. The van der Waals surface area contributed by atoms with Gasteiger partial charge in [0, 0.05) is 19.2 Å². The van der Waals surface area contributed by atoms with Gasteiger partial charge in [-0.2, -0.15) is 0 Å². The van der Waals surface area contributed by atoms with Crippen LogP contribution in [-0.4, -0.2) is 23.1 Å². The molecule has 1 aromatic heterocycles. The molecule has 2 N–H and O–H groups in total. The molecule has 0 aliphatic heterocycles. The third-order valence-electron chi connectivity index (χ3n) is 2.70. The van der Waals surface area contributed by atoms with Gasteiger partial charge in [-0.3, -0.25) is 0 Å². The second kappa shape index (κ2) is 6.00. The number of rotatable bonds is 5. The molecule has 1 atom stereocenters. The molecule has 0 bridgehead atoms. The Hall–Kier alpha value is -2.10. The van der Waals surface area contributed by atoms with Crippen molar-refractivity contribution in [1.82, 2.24) is 9.97 Å². The molecule has 0 aliphatic carbocycles. The molecular weight excluding hydrogens is 224 g/mol. The lowest BCUT2D eigenvalue weighted by Gasteiger charge is -2.14. The van der Waals surface area contributed by atoms with E-state index in [2.05, 4.69) is 51.8 Å². The monoisotopic (exact) mass is 242 g/mol. The van der Waals surface area contributed by atoms with Crippen molar-refractivity contribution in [3.63, 3.8) is 0 Å². The standard InChI is InChI=1S/C14H18N4/c1-11(8-12-6-4-3-5-7-12)18-14-9-13(15-2)16-10-17-14/h3-7,9-11H,8H2,1-2H3,(H2,15,16,17,18). The fraction of sp³-hybridized carbons (Fsp3) is 0.286. The maximum atomic E-state index is 4.21. The summed E-state index contributed by atoms with van der Waals surface area (Å²) in [5.74, 6) is 1.66. The summed E-state index contributed by atoms with van der Waals surface area (Å²) in [4.78, 5) is 8.29. The highest BCUT2D eigenvalue weighted by molar-refractivity contribution is 5.46. The van der Waals surface area contributed by atoms with Crippen molar-refractivity contribution in [3.8, 4) is 0 Å². The van der Waals surface area contributed by atoms with Gasteiger partial charge in [0.15, 0.2) is 0 Å². The minimum absolute atomic E-state index is 0.326. The third-order valence-corrected chi connectivity index (χ3v) is 2.70. The van der Waals surface area contributed by atoms with E-state index in [1.165, 1.54) is 5.56 Å². The Labute approximate surface area is 107 Å². The SMILES string of the molecule is CNc1cc(NC(C)Cc2ccccc2)ncn1. The summed E-state index contributed by atoms with van der Waals surface area (Å²) in [7, 11) is 1.85. The van der Waals surface area contributed by atoms with Crippen LogP contribution in [-0.2, 0) is 6.42 Å². The maximum absolute atomic E-state index is 4.21. The van der Waals surface area contributed by atoms with Gasteiger partial charge in [-0.15, -0.1) is 0 Å². The van der Waals surface area contributed by atoms with Crippen LogP contribution in [0.1, 0.15) is 12.5 Å². The number of hydrogen-bond acceptors (Lipinski definition) is 4. The fourth-order valence-corrected chi connectivity index (χ4v) is 1.84. The molecular formula is C14H18N4. The van der Waals surface area contributed by atoms with E-state index in [4.69, 9.17) is 0 Å². The molecule has 0 amide bonds. The second-order valence-electron chi connectivity index (χ2n) is 4.27. The van der Waals surface area contributed by atoms with E-state index >= 15 is 0 Å². The summed E-state index contributed by atoms with van der Waals surface area (Å²) >= 11 is 0. The summed E-state index contributed by atoms with van der Waals surface area (Å²) in [6.45, 7) is 2.15. The van der Waals surface area contributed by atoms with Crippen molar-refractivity contribution in [2.24, 2.45) is 0 Å². The summed E-state index contributed by atoms with van der Waals surface area (Å²) in [5, 5.41) is 6.37. The molecule has 1 aromatic carbocycles. The van der Waals surface area contributed by atoms with E-state index in [1.54, 1.807) is 6.33 Å². The van der Waals surface area contributed by atoms with Crippen LogP contribution in [0.4, 0.5) is 11.6 Å². The largest absolute Gasteiger partial charge is 0.373 e. The first-order valence-electron chi connectivity index (χ1n) is 6.08. The smallest absolute Gasteiger partial charge is 0.131 e. The summed E-state index contributed by atoms with van der Waals surface area (Å²) < 4.78 is 0. The van der Waals surface area contributed by atoms with Gasteiger partial charge in [0.05, 0.1) is 0 Å². The molecule has 2 rings (SSSR count). The van der Waals surface area contributed by atoms with Crippen LogP contribution in [0.25, 0.3) is 0 Å². The van der Waals surface area contributed by atoms with Gasteiger partial charge in [-0.25, -0.2) is 9.97 Å². The topological polar surface area (TPSA) is 49.8 Å². The van der Waals surface area contributed by atoms with E-state index in [-0.39, 0.29) is 0 Å². The van der Waals surface area contributed by atoms with Crippen LogP contribution >= 0.6 is 0 Å². The van der Waals surface area contributed by atoms with Crippen LogP contribution < -0.4 is 10.6 Å². The van der Waals surface area contributed by atoms with Gasteiger partial charge in [-0.05, 0) is 18.9 Å². The highest BCUT2D eigenvalue weighted by atomic mass is 15.1. The minimum atomic E-state index is 0.326. The minimum Gasteiger partial charge on any atom is -0.373 e. The van der Waals surface area contributed by atoms with E-state index < -0.39 is 0 Å². The predicted molar refractivity (Wildman–Crippen MR) is 74.8 cm³/mol. The Morgan fingerprint density at radius 2 is 1.83 bits per heavy atom. The van der Waals surface area contributed by atoms with E-state index in [9.17, 15) is 0 Å². The van der Waals surface area contributed by atoms with Gasteiger partial charge in [0.2, 0.25) is 0 Å². The molecule has 1 unspecified atom stereocenters. The Kier molecular flexibility index (Phi) is 4.12. The summed E-state index contributed by atoms with van der Waals surface area (Å²) in [5.41, 5.74) is 1.32. The molecule has 2 aromatic rings. The molecule has 0 saturated heterocycles. The van der Waals surface area contributed by atoms with Crippen LogP contribution in [0.3, 0.4) is 0 Å². The third kappa shape index (κ3) is 3.45. The first-order chi connectivity index (χ1) is 8.78. The van der Waals surface area contributed by atoms with Crippen LogP contribution in [0, 0.1) is 0 Å². The average molecular weight is 242 g/mol. The fourth-order valence-electron chi connectivity index (χ4n) is 1.84. The zero-order valence-corrected chi connectivity index (χ0v) is 10.7. The number of benzene rings is 1. The number of hydrogen-bond donors (Lipinski definition) is 2. The molecule has 0 fully saturated rings. The van der Waals surface area contributed by atoms with Gasteiger partial charge < -0.3 is 10.6 Å². The number of anilines is 2. The van der Waals surface area contributed by atoms with Crippen LogP contribution in [0.5, 0.6) is 0 Å². The zero-order chi connectivity index (χ0) is 12.8. The lowest BCUT2D eigenvalue weighted by Crippen LogP contribution is -2.19. The van der Waals surface area contributed by atoms with Crippen molar-refractivity contribution in [2.45, 2.75) is 19.4 Å². The van der Waals surface area contributed by atoms with Crippen molar-refractivity contribution in [1.29, 1.82) is 0 Å². The normalized spacial score (nSPS) is 11.9. The lowest BCUT2D eigenvalue weighted by atomic mass is 10.1. The van der Waals surface area contributed by atoms with Gasteiger partial charge in [0.1, 0.15) is 18.0 Å². The number of nitrogens with zero attached hydrogens (tertiary/aromatic N) is 2. The van der Waals surface area contributed by atoms with Crippen LogP contribution in [0.15, 0.2) is 42.7 Å². The Morgan fingerprint density at radius 1 is 1.11 bits per heavy atom. The van der Waals surface area contributed by atoms with E-state index in [0.29, 0.717) is 6.04 Å². The van der Waals surface area contributed by atoms with Crippen molar-refractivity contribution >= 4 is 11.6 Å². The highest BCUT2D eigenvalue weighted by Gasteiger charge is 2.04. The average Bonchev–Trinajstić information content (AvgIpc) is 2.40. The van der Waals surface area contributed by atoms with Crippen molar-refractivity contribution < 1.29 is 0 Å². The summed E-state index contributed by atoms with van der Waals surface area (Å²) in [6, 6.07) is 12.7. The Morgan fingerprint density at radius 3 is 2.56 bits per heavy atom. The molecule has 1 heterocycles. The maximum Gasteiger partial charge on any atom is 0.131 e. The molecule has 0 spiro atoms. The summed E-state index contributed by atoms with van der Waals surface area (Å²) in [6.07, 6.45) is 2.53. The molecule has 0 saturated carbocycles. The van der Waals surface area contributed by atoms with Crippen LogP contribution in [0.2, 0.25) is 0 Å².